The van der Waals surface area contributed by atoms with Crippen LogP contribution in [0.25, 0.3) is 0 Å². The van der Waals surface area contributed by atoms with E-state index < -0.39 is 21.5 Å². The van der Waals surface area contributed by atoms with E-state index in [0.29, 0.717) is 13.0 Å². The van der Waals surface area contributed by atoms with Crippen LogP contribution in [0.1, 0.15) is 17.5 Å². The average molecular weight is 381 g/mol. The van der Waals surface area contributed by atoms with Crippen molar-refractivity contribution in [1.29, 1.82) is 0 Å². The van der Waals surface area contributed by atoms with E-state index in [-0.39, 0.29) is 29.7 Å². The molecular weight excluding hydrogens is 360 g/mol. The summed E-state index contributed by atoms with van der Waals surface area (Å²) in [6.07, 6.45) is 0.495. The lowest BCUT2D eigenvalue weighted by Crippen LogP contribution is -2.35. The van der Waals surface area contributed by atoms with Gasteiger partial charge < -0.3 is 4.74 Å². The molecule has 1 aliphatic rings. The molecule has 0 unspecified atom stereocenters. The van der Waals surface area contributed by atoms with E-state index in [1.54, 1.807) is 7.11 Å². The second-order valence-electron chi connectivity index (χ2n) is 6.52. The van der Waals surface area contributed by atoms with Crippen LogP contribution >= 0.6 is 0 Å². The molecule has 1 heterocycles. The van der Waals surface area contributed by atoms with Crippen LogP contribution in [-0.4, -0.2) is 38.0 Å². The monoisotopic (exact) mass is 381 g/mol. The summed E-state index contributed by atoms with van der Waals surface area (Å²) in [5.41, 5.74) is 1.18. The zero-order valence-electron chi connectivity index (χ0n) is 14.5. The van der Waals surface area contributed by atoms with E-state index in [1.165, 1.54) is 12.1 Å². The maximum absolute atomic E-state index is 14.1. The largest absolute Gasteiger partial charge is 0.497 e. The minimum Gasteiger partial charge on any atom is -0.497 e. The van der Waals surface area contributed by atoms with Gasteiger partial charge >= 0.3 is 0 Å². The summed E-state index contributed by atoms with van der Waals surface area (Å²) in [7, 11) is -1.50. The van der Waals surface area contributed by atoms with Crippen LogP contribution in [0, 0.1) is 11.6 Å². The number of nitrogens with zero attached hydrogens (tertiary/aromatic N) is 1. The van der Waals surface area contributed by atoms with Crippen molar-refractivity contribution in [2.45, 2.75) is 25.6 Å². The normalized spacial score (nSPS) is 19.0. The van der Waals surface area contributed by atoms with Crippen LogP contribution in [0.3, 0.4) is 0 Å². The van der Waals surface area contributed by atoms with Gasteiger partial charge in [0.25, 0.3) is 0 Å². The lowest BCUT2D eigenvalue weighted by atomic mass is 10.1. The number of hydrogen-bond acceptors (Lipinski definition) is 4. The highest BCUT2D eigenvalue weighted by Gasteiger charge is 2.32. The van der Waals surface area contributed by atoms with E-state index >= 15 is 0 Å². The van der Waals surface area contributed by atoms with Gasteiger partial charge in [-0.05, 0) is 30.2 Å². The summed E-state index contributed by atoms with van der Waals surface area (Å²) in [5, 5.41) is 0. The van der Waals surface area contributed by atoms with Crippen molar-refractivity contribution < 1.29 is 21.9 Å². The molecule has 26 heavy (non-hydrogen) atoms. The molecule has 4 nitrogen and oxygen atoms in total. The second-order valence-corrected chi connectivity index (χ2v) is 8.75. The van der Waals surface area contributed by atoms with E-state index in [9.17, 15) is 17.2 Å². The number of benzene rings is 2. The van der Waals surface area contributed by atoms with Crippen LogP contribution in [-0.2, 0) is 22.9 Å². The van der Waals surface area contributed by atoms with Crippen LogP contribution in [0.15, 0.2) is 42.5 Å². The molecule has 0 amide bonds. The number of halogens is 2. The van der Waals surface area contributed by atoms with Gasteiger partial charge in [0.05, 0.1) is 18.6 Å². The van der Waals surface area contributed by atoms with Crippen LogP contribution in [0.4, 0.5) is 8.78 Å². The maximum atomic E-state index is 14.1. The molecule has 2 aromatic carbocycles. The molecule has 1 atom stereocenters. The summed E-state index contributed by atoms with van der Waals surface area (Å²) < 4.78 is 56.5. The van der Waals surface area contributed by atoms with E-state index in [0.717, 1.165) is 17.4 Å². The molecule has 140 valence electrons. The fraction of sp³-hybridized carbons (Fsp3) is 0.368. The van der Waals surface area contributed by atoms with Gasteiger partial charge in [-0.3, -0.25) is 4.90 Å². The zero-order valence-corrected chi connectivity index (χ0v) is 15.3. The van der Waals surface area contributed by atoms with Crippen molar-refractivity contribution in [1.82, 2.24) is 4.90 Å². The van der Waals surface area contributed by atoms with E-state index in [1.807, 2.05) is 29.2 Å². The lowest BCUT2D eigenvalue weighted by Gasteiger charge is -2.28. The van der Waals surface area contributed by atoms with Gasteiger partial charge in [0.15, 0.2) is 21.5 Å². The predicted molar refractivity (Wildman–Crippen MR) is 95.7 cm³/mol. The van der Waals surface area contributed by atoms with Crippen molar-refractivity contribution in [3.8, 4) is 5.75 Å². The molecule has 7 heteroatoms. The molecule has 1 fully saturated rings. The van der Waals surface area contributed by atoms with Crippen molar-refractivity contribution in [2.24, 2.45) is 0 Å². The third kappa shape index (κ3) is 4.40. The highest BCUT2D eigenvalue weighted by Crippen LogP contribution is 2.24. The minimum absolute atomic E-state index is 0.0418. The summed E-state index contributed by atoms with van der Waals surface area (Å²) in [4.78, 5) is 1.91. The molecular formula is C19H21F2NO3S. The Hall–Kier alpha value is -1.99. The maximum Gasteiger partial charge on any atom is 0.163 e. The van der Waals surface area contributed by atoms with Gasteiger partial charge in [0.2, 0.25) is 0 Å². The molecule has 0 saturated carbocycles. The Kier molecular flexibility index (Phi) is 5.58. The molecule has 0 N–H and O–H groups in total. The smallest absolute Gasteiger partial charge is 0.163 e. The van der Waals surface area contributed by atoms with E-state index in [2.05, 4.69) is 0 Å². The Morgan fingerprint density at radius 3 is 2.46 bits per heavy atom. The van der Waals surface area contributed by atoms with Crippen molar-refractivity contribution in [3.05, 3.63) is 65.2 Å². The predicted octanol–water partition coefficient (Wildman–Crippen LogP) is 3.16. The van der Waals surface area contributed by atoms with Gasteiger partial charge in [-0.15, -0.1) is 0 Å². The fourth-order valence-corrected chi connectivity index (χ4v) is 4.99. The molecule has 1 saturated heterocycles. The first-order valence-electron chi connectivity index (χ1n) is 8.38. The Balaban J connectivity index is 1.84. The molecule has 1 aliphatic heterocycles. The Bertz CT molecular complexity index is 869. The molecule has 0 bridgehead atoms. The summed E-state index contributed by atoms with van der Waals surface area (Å²) >= 11 is 0. The molecule has 0 radical (unpaired) electrons. The fourth-order valence-electron chi connectivity index (χ4n) is 3.23. The Morgan fingerprint density at radius 1 is 1.12 bits per heavy atom. The molecule has 0 aromatic heterocycles. The number of hydrogen-bond donors (Lipinski definition) is 0. The van der Waals surface area contributed by atoms with Gasteiger partial charge in [0, 0.05) is 24.7 Å². The van der Waals surface area contributed by atoms with Gasteiger partial charge in [-0.1, -0.05) is 24.3 Å². The van der Waals surface area contributed by atoms with Crippen molar-refractivity contribution in [2.75, 3.05) is 18.6 Å². The van der Waals surface area contributed by atoms with Gasteiger partial charge in [0.1, 0.15) is 5.75 Å². The molecule has 0 spiro atoms. The molecule has 3 rings (SSSR count). The second kappa shape index (κ2) is 7.72. The summed E-state index contributed by atoms with van der Waals surface area (Å²) in [5.74, 6) is -0.887. The van der Waals surface area contributed by atoms with Crippen LogP contribution in [0.5, 0.6) is 5.75 Å². The van der Waals surface area contributed by atoms with Crippen molar-refractivity contribution in [3.63, 3.8) is 0 Å². The number of sulfone groups is 1. The first-order valence-corrected chi connectivity index (χ1v) is 10.2. The number of ether oxygens (including phenoxy) is 1. The first-order chi connectivity index (χ1) is 12.4. The lowest BCUT2D eigenvalue weighted by molar-refractivity contribution is 0.191. The summed E-state index contributed by atoms with van der Waals surface area (Å²) in [6, 6.07) is 11.3. The molecule has 2 aromatic rings. The third-order valence-electron chi connectivity index (χ3n) is 4.67. The van der Waals surface area contributed by atoms with Crippen molar-refractivity contribution >= 4 is 9.84 Å². The Labute approximate surface area is 152 Å². The molecule has 0 aliphatic carbocycles. The zero-order chi connectivity index (χ0) is 18.7. The quantitative estimate of drug-likeness (QED) is 0.771. The highest BCUT2D eigenvalue weighted by atomic mass is 32.2. The highest BCUT2D eigenvalue weighted by molar-refractivity contribution is 7.91. The topological polar surface area (TPSA) is 46.6 Å². The number of methoxy groups -OCH3 is 1. The minimum atomic E-state index is -3.08. The standard InChI is InChI=1S/C19H21F2NO3S/c1-25-17-7-5-14(6-8-17)11-22(16-9-10-26(23,24)13-16)12-15-3-2-4-18(20)19(15)21/h2-8,16H,9-13H2,1H3/t16-/m1/s1. The van der Waals surface area contributed by atoms with Gasteiger partial charge in [-0.25, -0.2) is 17.2 Å². The van der Waals surface area contributed by atoms with Gasteiger partial charge in [-0.2, -0.15) is 0 Å². The third-order valence-corrected chi connectivity index (χ3v) is 6.42. The van der Waals surface area contributed by atoms with Crippen LogP contribution < -0.4 is 4.74 Å². The van der Waals surface area contributed by atoms with E-state index in [4.69, 9.17) is 4.74 Å². The first kappa shape index (κ1) is 18.8. The average Bonchev–Trinajstić information content (AvgIpc) is 2.99. The Morgan fingerprint density at radius 2 is 1.85 bits per heavy atom. The van der Waals surface area contributed by atoms with Crippen LogP contribution in [0.2, 0.25) is 0 Å². The summed E-state index contributed by atoms with van der Waals surface area (Å²) in [6.45, 7) is 0.593. The number of rotatable bonds is 6. The SMILES string of the molecule is COc1ccc(CN(Cc2cccc(F)c2F)[C@@H]2CCS(=O)(=O)C2)cc1.